The molecule has 1 aromatic carbocycles. The maximum Gasteiger partial charge on any atom is 0.0477 e. The summed E-state index contributed by atoms with van der Waals surface area (Å²) in [7, 11) is 0. The average molecular weight is 351 g/mol. The molecule has 0 aromatic heterocycles. The van der Waals surface area contributed by atoms with E-state index in [0.717, 1.165) is 41.7 Å². The van der Waals surface area contributed by atoms with Crippen LogP contribution in [0.15, 0.2) is 27.1 Å². The lowest BCUT2D eigenvalue weighted by atomic mass is 10.2. The molecule has 4 heteroatoms. The third-order valence-corrected chi connectivity index (χ3v) is 4.04. The molecule has 0 saturated heterocycles. The molecule has 2 nitrogen and oxygen atoms in total. The van der Waals surface area contributed by atoms with Crippen LogP contribution in [-0.4, -0.2) is 19.8 Å². The zero-order valence-electron chi connectivity index (χ0n) is 9.43. The first kappa shape index (κ1) is 14.2. The summed E-state index contributed by atoms with van der Waals surface area (Å²) in [6, 6.07) is 6.30. The maximum absolute atomic E-state index is 5.27. The van der Waals surface area contributed by atoms with E-state index >= 15 is 0 Å². The van der Waals surface area contributed by atoms with Gasteiger partial charge in [0.25, 0.3) is 0 Å². The summed E-state index contributed by atoms with van der Waals surface area (Å²) in [4.78, 5) is 0. The number of ether oxygens (including phenoxy) is 1. The van der Waals surface area contributed by atoms with E-state index in [9.17, 15) is 0 Å². The first-order chi connectivity index (χ1) is 7.74. The Morgan fingerprint density at radius 2 is 2.06 bits per heavy atom. The van der Waals surface area contributed by atoms with Crippen molar-refractivity contribution in [2.45, 2.75) is 19.9 Å². The molecule has 0 aliphatic heterocycles. The standard InChI is InChI=1S/C12H17Br2NO/c1-2-16-7-3-6-15-9-10-4-5-11(13)12(14)8-10/h4-5,8,15H,2-3,6-7,9H2,1H3. The van der Waals surface area contributed by atoms with Gasteiger partial charge in [0.15, 0.2) is 0 Å². The van der Waals surface area contributed by atoms with Crippen LogP contribution in [0.4, 0.5) is 0 Å². The maximum atomic E-state index is 5.27. The molecule has 1 N–H and O–H groups in total. The van der Waals surface area contributed by atoms with Gasteiger partial charge >= 0.3 is 0 Å². The third-order valence-electron chi connectivity index (χ3n) is 2.16. The van der Waals surface area contributed by atoms with Gasteiger partial charge in [-0.25, -0.2) is 0 Å². The van der Waals surface area contributed by atoms with Crippen molar-refractivity contribution in [1.82, 2.24) is 5.32 Å². The third kappa shape index (κ3) is 5.43. The van der Waals surface area contributed by atoms with Crippen molar-refractivity contribution >= 4 is 31.9 Å². The van der Waals surface area contributed by atoms with Gasteiger partial charge in [-0.1, -0.05) is 6.07 Å². The molecule has 1 aromatic rings. The van der Waals surface area contributed by atoms with E-state index in [1.54, 1.807) is 0 Å². The molecule has 0 aliphatic carbocycles. The van der Waals surface area contributed by atoms with Gasteiger partial charge < -0.3 is 10.1 Å². The monoisotopic (exact) mass is 349 g/mol. The van der Waals surface area contributed by atoms with Crippen molar-refractivity contribution in [3.05, 3.63) is 32.7 Å². The number of hydrogen-bond acceptors (Lipinski definition) is 2. The molecular formula is C12H17Br2NO. The fourth-order valence-corrected chi connectivity index (χ4v) is 2.00. The lowest BCUT2D eigenvalue weighted by Gasteiger charge is -2.06. The predicted octanol–water partition coefficient (Wildman–Crippen LogP) is 3.73. The molecule has 0 bridgehead atoms. The Kier molecular flexibility index (Phi) is 7.28. The smallest absolute Gasteiger partial charge is 0.0477 e. The highest BCUT2D eigenvalue weighted by molar-refractivity contribution is 9.13. The normalized spacial score (nSPS) is 10.7. The average Bonchev–Trinajstić information content (AvgIpc) is 2.28. The summed E-state index contributed by atoms with van der Waals surface area (Å²) < 4.78 is 7.46. The molecule has 90 valence electrons. The Bertz CT molecular complexity index is 318. The molecule has 0 atom stereocenters. The van der Waals surface area contributed by atoms with E-state index in [1.165, 1.54) is 5.56 Å². The van der Waals surface area contributed by atoms with Gasteiger partial charge in [0.05, 0.1) is 0 Å². The molecule has 0 amide bonds. The molecule has 0 heterocycles. The SMILES string of the molecule is CCOCCCNCc1ccc(Br)c(Br)c1. The Hall–Kier alpha value is 0.1000. The van der Waals surface area contributed by atoms with Crippen molar-refractivity contribution in [3.63, 3.8) is 0 Å². The molecule has 0 aliphatic rings. The van der Waals surface area contributed by atoms with E-state index < -0.39 is 0 Å². The highest BCUT2D eigenvalue weighted by Crippen LogP contribution is 2.23. The fraction of sp³-hybridized carbons (Fsp3) is 0.500. The molecule has 0 radical (unpaired) electrons. The molecular weight excluding hydrogens is 334 g/mol. The summed E-state index contributed by atoms with van der Waals surface area (Å²) in [6.07, 6.45) is 1.06. The Labute approximate surface area is 114 Å². The van der Waals surface area contributed by atoms with Gasteiger partial charge in [-0.3, -0.25) is 0 Å². The summed E-state index contributed by atoms with van der Waals surface area (Å²) >= 11 is 6.95. The number of benzene rings is 1. The first-order valence-electron chi connectivity index (χ1n) is 5.46. The number of rotatable bonds is 7. The van der Waals surface area contributed by atoms with Gasteiger partial charge in [0.2, 0.25) is 0 Å². The largest absolute Gasteiger partial charge is 0.382 e. The quantitative estimate of drug-likeness (QED) is 0.756. The fourth-order valence-electron chi connectivity index (χ4n) is 1.33. The van der Waals surface area contributed by atoms with Crippen LogP contribution in [0.5, 0.6) is 0 Å². The topological polar surface area (TPSA) is 21.3 Å². The molecule has 1 rings (SSSR count). The second kappa shape index (κ2) is 8.23. The predicted molar refractivity (Wildman–Crippen MR) is 74.7 cm³/mol. The van der Waals surface area contributed by atoms with E-state index in [-0.39, 0.29) is 0 Å². The van der Waals surface area contributed by atoms with Crippen LogP contribution in [0.1, 0.15) is 18.9 Å². The van der Waals surface area contributed by atoms with E-state index in [4.69, 9.17) is 4.74 Å². The van der Waals surface area contributed by atoms with Crippen LogP contribution in [0.2, 0.25) is 0 Å². The van der Waals surface area contributed by atoms with Crippen molar-refractivity contribution in [3.8, 4) is 0 Å². The lowest BCUT2D eigenvalue weighted by molar-refractivity contribution is 0.144. The zero-order valence-corrected chi connectivity index (χ0v) is 12.6. The van der Waals surface area contributed by atoms with E-state index in [0.29, 0.717) is 0 Å². The van der Waals surface area contributed by atoms with Crippen LogP contribution in [0.3, 0.4) is 0 Å². The van der Waals surface area contributed by atoms with Crippen molar-refractivity contribution in [1.29, 1.82) is 0 Å². The molecule has 0 fully saturated rings. The number of hydrogen-bond donors (Lipinski definition) is 1. The van der Waals surface area contributed by atoms with Crippen LogP contribution in [0, 0.1) is 0 Å². The zero-order chi connectivity index (χ0) is 11.8. The highest BCUT2D eigenvalue weighted by atomic mass is 79.9. The molecule has 0 saturated carbocycles. The number of nitrogens with one attached hydrogen (secondary N) is 1. The summed E-state index contributed by atoms with van der Waals surface area (Å²) in [5, 5.41) is 3.39. The van der Waals surface area contributed by atoms with Crippen LogP contribution < -0.4 is 5.32 Å². The minimum atomic E-state index is 0.805. The summed E-state index contributed by atoms with van der Waals surface area (Å²) in [6.45, 7) is 5.56. The van der Waals surface area contributed by atoms with Crippen LogP contribution in [0.25, 0.3) is 0 Å². The second-order valence-corrected chi connectivity index (χ2v) is 5.18. The van der Waals surface area contributed by atoms with Crippen LogP contribution in [-0.2, 0) is 11.3 Å². The van der Waals surface area contributed by atoms with Crippen molar-refractivity contribution in [2.24, 2.45) is 0 Å². The van der Waals surface area contributed by atoms with Gasteiger partial charge in [-0.15, -0.1) is 0 Å². The van der Waals surface area contributed by atoms with Crippen LogP contribution >= 0.6 is 31.9 Å². The highest BCUT2D eigenvalue weighted by Gasteiger charge is 1.98. The van der Waals surface area contributed by atoms with E-state index in [2.05, 4.69) is 55.4 Å². The number of halogens is 2. The van der Waals surface area contributed by atoms with Crippen molar-refractivity contribution < 1.29 is 4.74 Å². The van der Waals surface area contributed by atoms with Gasteiger partial charge in [-0.05, 0) is 69.4 Å². The minimum Gasteiger partial charge on any atom is -0.382 e. The molecule has 0 unspecified atom stereocenters. The summed E-state index contributed by atoms with van der Waals surface area (Å²) in [5.74, 6) is 0. The Morgan fingerprint density at radius 3 is 2.75 bits per heavy atom. The Morgan fingerprint density at radius 1 is 1.25 bits per heavy atom. The van der Waals surface area contributed by atoms with E-state index in [1.807, 2.05) is 6.92 Å². The van der Waals surface area contributed by atoms with Crippen molar-refractivity contribution in [2.75, 3.05) is 19.8 Å². The van der Waals surface area contributed by atoms with Gasteiger partial charge in [0, 0.05) is 28.7 Å². The van der Waals surface area contributed by atoms with Gasteiger partial charge in [0.1, 0.15) is 0 Å². The molecule has 16 heavy (non-hydrogen) atoms. The second-order valence-electron chi connectivity index (χ2n) is 3.48. The minimum absolute atomic E-state index is 0.805. The first-order valence-corrected chi connectivity index (χ1v) is 7.05. The molecule has 0 spiro atoms. The Balaban J connectivity index is 2.19. The summed E-state index contributed by atoms with van der Waals surface area (Å²) in [5.41, 5.74) is 1.28. The lowest BCUT2D eigenvalue weighted by Crippen LogP contribution is -2.16. The van der Waals surface area contributed by atoms with Gasteiger partial charge in [-0.2, -0.15) is 0 Å².